The largest absolute Gasteiger partial charge is 0.322 e. The Morgan fingerprint density at radius 2 is 1.74 bits per heavy atom. The van der Waals surface area contributed by atoms with Crippen molar-refractivity contribution in [2.45, 2.75) is 26.7 Å². The number of benzene rings is 2. The lowest BCUT2D eigenvalue weighted by Crippen LogP contribution is -2.13. The molecule has 0 heterocycles. The maximum Gasteiger partial charge on any atom is 0.255 e. The number of hydrogen-bond donors (Lipinski definition) is 1. The summed E-state index contributed by atoms with van der Waals surface area (Å²) in [5, 5.41) is 2.93. The Morgan fingerprint density at radius 3 is 2.37 bits per heavy atom. The van der Waals surface area contributed by atoms with Gasteiger partial charge in [0.1, 0.15) is 0 Å². The number of nitrogens with one attached hydrogen (secondary N) is 1. The third kappa shape index (κ3) is 3.44. The van der Waals surface area contributed by atoms with E-state index >= 15 is 0 Å². The van der Waals surface area contributed by atoms with Gasteiger partial charge in [-0.2, -0.15) is 0 Å². The third-order valence-electron chi connectivity index (χ3n) is 3.14. The second-order valence-electron chi connectivity index (χ2n) is 4.72. The van der Waals surface area contributed by atoms with E-state index in [1.807, 2.05) is 43.3 Å². The van der Waals surface area contributed by atoms with Crippen LogP contribution < -0.4 is 5.32 Å². The molecule has 0 fully saturated rings. The first-order chi connectivity index (χ1) is 9.20. The van der Waals surface area contributed by atoms with Crippen LogP contribution in [0.15, 0.2) is 48.5 Å². The van der Waals surface area contributed by atoms with Gasteiger partial charge in [0.05, 0.1) is 0 Å². The topological polar surface area (TPSA) is 29.1 Å². The maximum absolute atomic E-state index is 12.1. The Bertz CT molecular complexity index is 558. The van der Waals surface area contributed by atoms with Crippen LogP contribution in [0.2, 0.25) is 0 Å². The van der Waals surface area contributed by atoms with Gasteiger partial charge in [0.25, 0.3) is 5.91 Å². The van der Waals surface area contributed by atoms with Gasteiger partial charge in [-0.1, -0.05) is 43.7 Å². The van der Waals surface area contributed by atoms with E-state index < -0.39 is 0 Å². The number of carbonyl (C=O) groups excluding carboxylic acids is 1. The molecule has 0 atom stereocenters. The maximum atomic E-state index is 12.1. The molecule has 1 N–H and O–H groups in total. The Hall–Kier alpha value is -2.09. The molecule has 0 spiro atoms. The van der Waals surface area contributed by atoms with Crippen molar-refractivity contribution in [2.75, 3.05) is 5.32 Å². The standard InChI is InChI=1S/C17H19NO/c1-3-6-14-9-11-15(12-10-14)18-17(19)16-8-5-4-7-13(16)2/h4-5,7-12H,3,6H2,1-2H3,(H,18,19). The lowest BCUT2D eigenvalue weighted by molar-refractivity contribution is 0.102. The van der Waals surface area contributed by atoms with Crippen molar-refractivity contribution in [3.8, 4) is 0 Å². The third-order valence-corrected chi connectivity index (χ3v) is 3.14. The molecule has 0 aliphatic rings. The average molecular weight is 253 g/mol. The van der Waals surface area contributed by atoms with Crippen LogP contribution in [-0.2, 0) is 6.42 Å². The molecule has 19 heavy (non-hydrogen) atoms. The monoisotopic (exact) mass is 253 g/mol. The zero-order valence-corrected chi connectivity index (χ0v) is 11.4. The number of rotatable bonds is 4. The van der Waals surface area contributed by atoms with Gasteiger partial charge in [0.15, 0.2) is 0 Å². The van der Waals surface area contributed by atoms with E-state index in [-0.39, 0.29) is 5.91 Å². The number of hydrogen-bond acceptors (Lipinski definition) is 1. The van der Waals surface area contributed by atoms with E-state index in [4.69, 9.17) is 0 Å². The minimum Gasteiger partial charge on any atom is -0.322 e. The van der Waals surface area contributed by atoms with Crippen molar-refractivity contribution in [3.63, 3.8) is 0 Å². The van der Waals surface area contributed by atoms with Crippen molar-refractivity contribution >= 4 is 11.6 Å². The molecule has 0 radical (unpaired) electrons. The highest BCUT2D eigenvalue weighted by atomic mass is 16.1. The van der Waals surface area contributed by atoms with Gasteiger partial charge in [-0.05, 0) is 42.7 Å². The summed E-state index contributed by atoms with van der Waals surface area (Å²) in [6, 6.07) is 15.7. The zero-order valence-electron chi connectivity index (χ0n) is 11.4. The second kappa shape index (κ2) is 6.19. The molecule has 1 amide bonds. The first-order valence-corrected chi connectivity index (χ1v) is 6.66. The summed E-state index contributed by atoms with van der Waals surface area (Å²) in [5.41, 5.74) is 3.85. The molecule has 0 saturated carbocycles. The quantitative estimate of drug-likeness (QED) is 0.869. The number of anilines is 1. The molecule has 2 rings (SSSR count). The Kier molecular flexibility index (Phi) is 4.35. The second-order valence-corrected chi connectivity index (χ2v) is 4.72. The molecule has 98 valence electrons. The Morgan fingerprint density at radius 1 is 1.05 bits per heavy atom. The van der Waals surface area contributed by atoms with E-state index in [1.165, 1.54) is 5.56 Å². The number of amides is 1. The molecule has 2 aromatic carbocycles. The summed E-state index contributed by atoms with van der Waals surface area (Å²) >= 11 is 0. The van der Waals surface area contributed by atoms with Crippen LogP contribution in [0.4, 0.5) is 5.69 Å². The van der Waals surface area contributed by atoms with Crippen LogP contribution >= 0.6 is 0 Å². The minimum atomic E-state index is -0.0543. The molecule has 0 aliphatic carbocycles. The SMILES string of the molecule is CCCc1ccc(NC(=O)c2ccccc2C)cc1. The summed E-state index contributed by atoms with van der Waals surface area (Å²) in [5.74, 6) is -0.0543. The van der Waals surface area contributed by atoms with E-state index in [0.717, 1.165) is 29.7 Å². The summed E-state index contributed by atoms with van der Waals surface area (Å²) < 4.78 is 0. The van der Waals surface area contributed by atoms with Gasteiger partial charge in [0.2, 0.25) is 0 Å². The number of aryl methyl sites for hydroxylation is 2. The highest BCUT2D eigenvalue weighted by Crippen LogP contribution is 2.14. The van der Waals surface area contributed by atoms with Gasteiger partial charge < -0.3 is 5.32 Å². The fraction of sp³-hybridized carbons (Fsp3) is 0.235. The van der Waals surface area contributed by atoms with Crippen molar-refractivity contribution < 1.29 is 4.79 Å². The average Bonchev–Trinajstić information content (AvgIpc) is 2.42. The normalized spacial score (nSPS) is 10.2. The molecular formula is C17H19NO. The molecule has 0 unspecified atom stereocenters. The molecular weight excluding hydrogens is 234 g/mol. The molecule has 2 heteroatoms. The lowest BCUT2D eigenvalue weighted by Gasteiger charge is -2.08. The fourth-order valence-corrected chi connectivity index (χ4v) is 2.07. The van der Waals surface area contributed by atoms with Crippen LogP contribution in [0, 0.1) is 6.92 Å². The number of carbonyl (C=O) groups is 1. The minimum absolute atomic E-state index is 0.0543. The van der Waals surface area contributed by atoms with E-state index in [1.54, 1.807) is 0 Å². The predicted octanol–water partition coefficient (Wildman–Crippen LogP) is 4.20. The van der Waals surface area contributed by atoms with Crippen LogP contribution in [0.1, 0.15) is 34.8 Å². The summed E-state index contributed by atoms with van der Waals surface area (Å²) in [6.07, 6.45) is 2.21. The smallest absolute Gasteiger partial charge is 0.255 e. The van der Waals surface area contributed by atoms with Gasteiger partial charge >= 0.3 is 0 Å². The van der Waals surface area contributed by atoms with Crippen molar-refractivity contribution in [1.82, 2.24) is 0 Å². The van der Waals surface area contributed by atoms with E-state index in [0.29, 0.717) is 0 Å². The van der Waals surface area contributed by atoms with Gasteiger partial charge in [-0.3, -0.25) is 4.79 Å². The van der Waals surface area contributed by atoms with Crippen LogP contribution in [0.25, 0.3) is 0 Å². The predicted molar refractivity (Wildman–Crippen MR) is 79.6 cm³/mol. The Balaban J connectivity index is 2.09. The molecule has 0 aliphatic heterocycles. The fourth-order valence-electron chi connectivity index (χ4n) is 2.07. The summed E-state index contributed by atoms with van der Waals surface area (Å²) in [6.45, 7) is 4.10. The highest BCUT2D eigenvalue weighted by Gasteiger charge is 2.08. The van der Waals surface area contributed by atoms with E-state index in [2.05, 4.69) is 24.4 Å². The summed E-state index contributed by atoms with van der Waals surface area (Å²) in [7, 11) is 0. The van der Waals surface area contributed by atoms with Crippen molar-refractivity contribution in [3.05, 3.63) is 65.2 Å². The molecule has 2 nitrogen and oxygen atoms in total. The first kappa shape index (κ1) is 13.3. The zero-order chi connectivity index (χ0) is 13.7. The van der Waals surface area contributed by atoms with Crippen LogP contribution in [-0.4, -0.2) is 5.91 Å². The van der Waals surface area contributed by atoms with Gasteiger partial charge in [-0.25, -0.2) is 0 Å². The van der Waals surface area contributed by atoms with Crippen LogP contribution in [0.3, 0.4) is 0 Å². The first-order valence-electron chi connectivity index (χ1n) is 6.66. The Labute approximate surface area is 114 Å². The molecule has 0 saturated heterocycles. The molecule has 0 bridgehead atoms. The summed E-state index contributed by atoms with van der Waals surface area (Å²) in [4.78, 5) is 12.1. The van der Waals surface area contributed by atoms with Gasteiger partial charge in [0, 0.05) is 11.3 Å². The van der Waals surface area contributed by atoms with E-state index in [9.17, 15) is 4.79 Å². The van der Waals surface area contributed by atoms with Crippen LogP contribution in [0.5, 0.6) is 0 Å². The lowest BCUT2D eigenvalue weighted by atomic mass is 10.1. The molecule has 2 aromatic rings. The molecule has 0 aromatic heterocycles. The van der Waals surface area contributed by atoms with Gasteiger partial charge in [-0.15, -0.1) is 0 Å². The van der Waals surface area contributed by atoms with Crippen molar-refractivity contribution in [2.24, 2.45) is 0 Å². The van der Waals surface area contributed by atoms with Crippen molar-refractivity contribution in [1.29, 1.82) is 0 Å². The highest BCUT2D eigenvalue weighted by molar-refractivity contribution is 6.05.